The van der Waals surface area contributed by atoms with Gasteiger partial charge in [-0.15, -0.1) is 0 Å². The Hall–Kier alpha value is -2.67. The third-order valence-electron chi connectivity index (χ3n) is 3.78. The van der Waals surface area contributed by atoms with E-state index >= 15 is 0 Å². The average Bonchev–Trinajstić information content (AvgIpc) is 2.80. The van der Waals surface area contributed by atoms with Crippen LogP contribution in [0.3, 0.4) is 0 Å². The predicted molar refractivity (Wildman–Crippen MR) is 92.2 cm³/mol. The maximum absolute atomic E-state index is 12.4. The standard InChI is InChI=1S/C17H13BrN2O4/c1-9(16(23)19-11-3-5-12(21)6-4-11)20-14-7-2-10(18)8-13(14)15(22)17(20)24/h2-9,21H,1H3,(H,19,23). The zero-order valence-corrected chi connectivity index (χ0v) is 14.2. The number of hydrogen-bond acceptors (Lipinski definition) is 4. The number of carbonyl (C=O) groups is 3. The van der Waals surface area contributed by atoms with Gasteiger partial charge in [-0.25, -0.2) is 0 Å². The molecule has 2 N–H and O–H groups in total. The van der Waals surface area contributed by atoms with Gasteiger partial charge in [-0.1, -0.05) is 15.9 Å². The van der Waals surface area contributed by atoms with Crippen molar-refractivity contribution in [1.82, 2.24) is 0 Å². The molecule has 1 aliphatic heterocycles. The summed E-state index contributed by atoms with van der Waals surface area (Å²) in [6.45, 7) is 1.55. The molecule has 122 valence electrons. The van der Waals surface area contributed by atoms with Crippen molar-refractivity contribution in [2.45, 2.75) is 13.0 Å². The number of phenols is 1. The monoisotopic (exact) mass is 388 g/mol. The van der Waals surface area contributed by atoms with Crippen LogP contribution in [0, 0.1) is 0 Å². The number of hydrogen-bond donors (Lipinski definition) is 2. The highest BCUT2D eigenvalue weighted by molar-refractivity contribution is 9.10. The molecule has 6 nitrogen and oxygen atoms in total. The number of halogens is 1. The Balaban J connectivity index is 1.86. The molecule has 3 rings (SSSR count). The van der Waals surface area contributed by atoms with Crippen molar-refractivity contribution in [3.63, 3.8) is 0 Å². The number of fused-ring (bicyclic) bond motifs is 1. The van der Waals surface area contributed by atoms with Crippen LogP contribution in [0.4, 0.5) is 11.4 Å². The van der Waals surface area contributed by atoms with Crippen LogP contribution >= 0.6 is 15.9 Å². The first-order valence-electron chi connectivity index (χ1n) is 7.16. The van der Waals surface area contributed by atoms with Gasteiger partial charge in [-0.3, -0.25) is 19.3 Å². The fraction of sp³-hybridized carbons (Fsp3) is 0.118. The molecule has 0 spiro atoms. The van der Waals surface area contributed by atoms with Crippen molar-refractivity contribution >= 4 is 44.9 Å². The number of benzene rings is 2. The molecule has 2 aromatic carbocycles. The molecule has 1 unspecified atom stereocenters. The Morgan fingerprint density at radius 2 is 1.83 bits per heavy atom. The summed E-state index contributed by atoms with van der Waals surface area (Å²) in [5.41, 5.74) is 1.18. The normalized spacial score (nSPS) is 14.5. The fourth-order valence-corrected chi connectivity index (χ4v) is 2.89. The second-order valence-corrected chi connectivity index (χ2v) is 6.29. The maximum Gasteiger partial charge on any atom is 0.300 e. The number of anilines is 2. The molecule has 1 heterocycles. The third-order valence-corrected chi connectivity index (χ3v) is 4.27. The van der Waals surface area contributed by atoms with Crippen molar-refractivity contribution in [2.24, 2.45) is 0 Å². The van der Waals surface area contributed by atoms with Crippen molar-refractivity contribution < 1.29 is 19.5 Å². The Kier molecular flexibility index (Phi) is 4.11. The number of nitrogens with zero attached hydrogens (tertiary/aromatic N) is 1. The van der Waals surface area contributed by atoms with Gasteiger partial charge in [0.05, 0.1) is 11.3 Å². The second kappa shape index (κ2) is 6.09. The van der Waals surface area contributed by atoms with Gasteiger partial charge in [0.1, 0.15) is 11.8 Å². The second-order valence-electron chi connectivity index (χ2n) is 5.38. The highest BCUT2D eigenvalue weighted by Gasteiger charge is 2.40. The summed E-state index contributed by atoms with van der Waals surface area (Å²) >= 11 is 3.27. The van der Waals surface area contributed by atoms with Gasteiger partial charge in [-0.05, 0) is 49.4 Å². The van der Waals surface area contributed by atoms with Gasteiger partial charge in [0.25, 0.3) is 11.7 Å². The fourth-order valence-electron chi connectivity index (χ4n) is 2.53. The molecule has 2 amide bonds. The summed E-state index contributed by atoms with van der Waals surface area (Å²) in [7, 11) is 0. The molecule has 24 heavy (non-hydrogen) atoms. The molecular weight excluding hydrogens is 376 g/mol. The van der Waals surface area contributed by atoms with Crippen molar-refractivity contribution in [3.05, 3.63) is 52.5 Å². The first-order chi connectivity index (χ1) is 11.4. The topological polar surface area (TPSA) is 86.7 Å². The van der Waals surface area contributed by atoms with Crippen LogP contribution in [0.5, 0.6) is 5.75 Å². The van der Waals surface area contributed by atoms with E-state index in [-0.39, 0.29) is 11.3 Å². The van der Waals surface area contributed by atoms with Crippen LogP contribution < -0.4 is 10.2 Å². The van der Waals surface area contributed by atoms with Crippen LogP contribution in [-0.4, -0.2) is 28.7 Å². The summed E-state index contributed by atoms with van der Waals surface area (Å²) in [6.07, 6.45) is 0. The minimum atomic E-state index is -0.863. The summed E-state index contributed by atoms with van der Waals surface area (Å²) in [6, 6.07) is 10.0. The Labute approximate surface area is 146 Å². The summed E-state index contributed by atoms with van der Waals surface area (Å²) in [5, 5.41) is 11.9. The van der Waals surface area contributed by atoms with Crippen LogP contribution in [0.15, 0.2) is 46.9 Å². The lowest BCUT2D eigenvalue weighted by atomic mass is 10.1. The van der Waals surface area contributed by atoms with E-state index in [0.29, 0.717) is 15.8 Å². The van der Waals surface area contributed by atoms with Crippen molar-refractivity contribution in [2.75, 3.05) is 10.2 Å². The van der Waals surface area contributed by atoms with Crippen LogP contribution in [0.1, 0.15) is 17.3 Å². The highest BCUT2D eigenvalue weighted by atomic mass is 79.9. The molecule has 0 radical (unpaired) electrons. The summed E-state index contributed by atoms with van der Waals surface area (Å²) < 4.78 is 0.686. The molecular formula is C17H13BrN2O4. The van der Waals surface area contributed by atoms with Crippen LogP contribution in [-0.2, 0) is 9.59 Å². The number of aromatic hydroxyl groups is 1. The molecule has 2 aromatic rings. The molecule has 0 aromatic heterocycles. The lowest BCUT2D eigenvalue weighted by molar-refractivity contribution is -0.120. The SMILES string of the molecule is CC(C(=O)Nc1ccc(O)cc1)N1C(=O)C(=O)c2cc(Br)ccc21. The molecule has 0 saturated heterocycles. The third kappa shape index (κ3) is 2.78. The molecule has 0 bridgehead atoms. The van der Waals surface area contributed by atoms with Gasteiger partial charge >= 0.3 is 0 Å². The van der Waals surface area contributed by atoms with E-state index in [2.05, 4.69) is 21.2 Å². The van der Waals surface area contributed by atoms with Crippen LogP contribution in [0.25, 0.3) is 0 Å². The summed E-state index contributed by atoms with van der Waals surface area (Å²) in [4.78, 5) is 38.0. The smallest absolute Gasteiger partial charge is 0.300 e. The van der Waals surface area contributed by atoms with Crippen molar-refractivity contribution in [1.29, 1.82) is 0 Å². The van der Waals surface area contributed by atoms with Gasteiger partial charge in [0, 0.05) is 10.2 Å². The molecule has 1 aliphatic rings. The van der Waals surface area contributed by atoms with Crippen molar-refractivity contribution in [3.8, 4) is 5.75 Å². The minimum Gasteiger partial charge on any atom is -0.508 e. The van der Waals surface area contributed by atoms with Gasteiger partial charge in [-0.2, -0.15) is 0 Å². The van der Waals surface area contributed by atoms with Gasteiger partial charge in [0.15, 0.2) is 0 Å². The van der Waals surface area contributed by atoms with E-state index in [4.69, 9.17) is 0 Å². The maximum atomic E-state index is 12.4. The number of amides is 2. The zero-order valence-electron chi connectivity index (χ0n) is 12.6. The van der Waals surface area contributed by atoms with E-state index in [0.717, 1.165) is 0 Å². The Morgan fingerprint density at radius 1 is 1.17 bits per heavy atom. The molecule has 0 aliphatic carbocycles. The lowest BCUT2D eigenvalue weighted by Gasteiger charge is -2.23. The first-order valence-corrected chi connectivity index (χ1v) is 7.95. The lowest BCUT2D eigenvalue weighted by Crippen LogP contribution is -2.45. The Morgan fingerprint density at radius 3 is 2.50 bits per heavy atom. The first kappa shape index (κ1) is 16.2. The number of ketones is 1. The number of carbonyl (C=O) groups excluding carboxylic acids is 3. The summed E-state index contributed by atoms with van der Waals surface area (Å²) in [5.74, 6) is -1.70. The van der Waals surface area contributed by atoms with E-state index < -0.39 is 23.6 Å². The molecule has 7 heteroatoms. The predicted octanol–water partition coefficient (Wildman–Crippen LogP) is 2.71. The number of nitrogens with one attached hydrogen (secondary N) is 1. The van der Waals surface area contributed by atoms with E-state index in [1.807, 2.05) is 0 Å². The molecule has 1 atom stereocenters. The number of phenolic OH excluding ortho intramolecular Hbond substituents is 1. The largest absolute Gasteiger partial charge is 0.508 e. The quantitative estimate of drug-likeness (QED) is 0.624. The van der Waals surface area contributed by atoms with Crippen LogP contribution in [0.2, 0.25) is 0 Å². The number of rotatable bonds is 3. The average molecular weight is 389 g/mol. The van der Waals surface area contributed by atoms with E-state index in [1.165, 1.54) is 17.0 Å². The van der Waals surface area contributed by atoms with E-state index in [1.54, 1.807) is 37.3 Å². The number of Topliss-reactive ketones (excluding diaryl/α,β-unsaturated/α-hetero) is 1. The Bertz CT molecular complexity index is 848. The minimum absolute atomic E-state index is 0.0841. The van der Waals surface area contributed by atoms with Gasteiger partial charge in [0.2, 0.25) is 5.91 Å². The van der Waals surface area contributed by atoms with Gasteiger partial charge < -0.3 is 10.4 Å². The van der Waals surface area contributed by atoms with E-state index in [9.17, 15) is 19.5 Å². The highest BCUT2D eigenvalue weighted by Crippen LogP contribution is 2.33. The zero-order chi connectivity index (χ0) is 17.4. The molecule has 0 fully saturated rings. The molecule has 0 saturated carbocycles.